The molecule has 6 heteroatoms. The number of carbonyl (C=O) groups excluding carboxylic acids is 1. The monoisotopic (exact) mass is 496 g/mol. The molecule has 7 rings (SSSR count). The van der Waals surface area contributed by atoms with Gasteiger partial charge in [-0.2, -0.15) is 0 Å². The topological polar surface area (TPSA) is 51.2 Å². The third-order valence-electron chi connectivity index (χ3n) is 7.23. The number of hydrogen-bond acceptors (Lipinski definition) is 4. The first kappa shape index (κ1) is 19.7. The van der Waals surface area contributed by atoms with E-state index in [1.165, 1.54) is 43.4 Å². The molecule has 4 saturated carbocycles. The summed E-state index contributed by atoms with van der Waals surface area (Å²) in [5.74, 6) is 3.27. The zero-order valence-electron chi connectivity index (χ0n) is 17.3. The molecule has 1 N–H and O–H groups in total. The number of carbonyl (C=O) groups is 1. The van der Waals surface area contributed by atoms with Gasteiger partial charge in [-0.15, -0.1) is 0 Å². The lowest BCUT2D eigenvalue weighted by Gasteiger charge is -2.60. The zero-order chi connectivity index (χ0) is 21.1. The molecule has 4 aliphatic rings. The summed E-state index contributed by atoms with van der Waals surface area (Å²) in [5.41, 5.74) is 1.06. The van der Waals surface area contributed by atoms with Gasteiger partial charge in [0.1, 0.15) is 11.5 Å². The molecule has 31 heavy (non-hydrogen) atoms. The number of para-hydroxylation sites is 1. The number of aromatic nitrogens is 1. The fourth-order valence-electron chi connectivity index (χ4n) is 6.69. The van der Waals surface area contributed by atoms with Gasteiger partial charge < -0.3 is 10.1 Å². The van der Waals surface area contributed by atoms with Crippen molar-refractivity contribution in [1.29, 1.82) is 0 Å². The van der Waals surface area contributed by atoms with Crippen LogP contribution in [0.3, 0.4) is 0 Å². The number of amides is 1. The maximum Gasteiger partial charge on any atom is 0.226 e. The van der Waals surface area contributed by atoms with Gasteiger partial charge in [-0.1, -0.05) is 45.5 Å². The largest absolute Gasteiger partial charge is 0.457 e. The lowest BCUT2D eigenvalue weighted by atomic mass is 9.48. The first-order chi connectivity index (χ1) is 15.0. The van der Waals surface area contributed by atoms with Crippen LogP contribution in [0.1, 0.15) is 44.9 Å². The van der Waals surface area contributed by atoms with Crippen molar-refractivity contribution in [3.63, 3.8) is 0 Å². The fourth-order valence-corrected chi connectivity index (χ4v) is 9.11. The molecule has 4 nitrogen and oxygen atoms in total. The normalized spacial score (nSPS) is 31.1. The number of thiazole rings is 1. The van der Waals surface area contributed by atoms with Gasteiger partial charge in [0.15, 0.2) is 5.13 Å². The molecular weight excluding hydrogens is 472 g/mol. The average molecular weight is 497 g/mol. The Labute approximate surface area is 194 Å². The van der Waals surface area contributed by atoms with Crippen LogP contribution in [0.4, 0.5) is 5.13 Å². The van der Waals surface area contributed by atoms with Crippen LogP contribution in [-0.2, 0) is 4.79 Å². The van der Waals surface area contributed by atoms with E-state index in [2.05, 4.69) is 26.2 Å². The minimum Gasteiger partial charge on any atom is -0.457 e. The number of rotatable bonds is 5. The van der Waals surface area contributed by atoms with Gasteiger partial charge >= 0.3 is 0 Å². The van der Waals surface area contributed by atoms with E-state index < -0.39 is 0 Å². The predicted octanol–water partition coefficient (Wildman–Crippen LogP) is 7.15. The van der Waals surface area contributed by atoms with Gasteiger partial charge in [-0.3, -0.25) is 4.79 Å². The van der Waals surface area contributed by atoms with E-state index in [-0.39, 0.29) is 15.6 Å². The predicted molar refractivity (Wildman–Crippen MR) is 128 cm³/mol. The first-order valence-corrected chi connectivity index (χ1v) is 12.7. The number of nitrogens with one attached hydrogen (secondary N) is 1. The summed E-state index contributed by atoms with van der Waals surface area (Å²) in [6.07, 6.45) is 8.12. The van der Waals surface area contributed by atoms with Crippen molar-refractivity contribution in [3.05, 3.63) is 48.5 Å². The molecule has 0 spiro atoms. The molecular formula is C25H25BrN2O2S. The van der Waals surface area contributed by atoms with Crippen molar-refractivity contribution in [2.24, 2.45) is 17.3 Å². The molecule has 0 aliphatic heterocycles. The van der Waals surface area contributed by atoms with E-state index in [1.54, 1.807) is 0 Å². The lowest BCUT2D eigenvalue weighted by molar-refractivity contribution is -0.123. The number of alkyl halides is 1. The highest BCUT2D eigenvalue weighted by molar-refractivity contribution is 9.10. The Morgan fingerprint density at radius 3 is 2.61 bits per heavy atom. The number of fused-ring (bicyclic) bond motifs is 1. The third-order valence-corrected chi connectivity index (χ3v) is 9.09. The van der Waals surface area contributed by atoms with Gasteiger partial charge in [0, 0.05) is 16.8 Å². The van der Waals surface area contributed by atoms with Crippen molar-refractivity contribution >= 4 is 48.5 Å². The Morgan fingerprint density at radius 2 is 1.87 bits per heavy atom. The second kappa shape index (κ2) is 7.31. The summed E-state index contributed by atoms with van der Waals surface area (Å²) < 4.78 is 7.22. The second-order valence-corrected chi connectivity index (χ2v) is 12.6. The molecule has 4 fully saturated rings. The Morgan fingerprint density at radius 1 is 1.10 bits per heavy atom. The minimum absolute atomic E-state index is 0.109. The van der Waals surface area contributed by atoms with E-state index >= 15 is 0 Å². The molecule has 0 unspecified atom stereocenters. The molecule has 2 aromatic carbocycles. The van der Waals surface area contributed by atoms with Crippen molar-refractivity contribution in [2.45, 2.75) is 49.3 Å². The quantitative estimate of drug-likeness (QED) is 0.381. The van der Waals surface area contributed by atoms with Gasteiger partial charge in [-0.05, 0) is 80.0 Å². The summed E-state index contributed by atoms with van der Waals surface area (Å²) >= 11 is 5.56. The zero-order valence-corrected chi connectivity index (χ0v) is 19.7. The standard InChI is InChI=1S/C25H25BrN2O2S/c26-25-12-16-8-17(13-25)11-24(10-16,15-25)14-22(29)28-23-27-20-7-6-19(9-21(20)31-23)30-18-4-2-1-3-5-18/h1-7,9,16-17H,8,10-15H2,(H,27,28,29)/t16-,17-,24?,25?/m1/s1. The molecule has 4 bridgehead atoms. The second-order valence-electron chi connectivity index (χ2n) is 9.90. The van der Waals surface area contributed by atoms with Gasteiger partial charge in [0.05, 0.1) is 10.2 Å². The van der Waals surface area contributed by atoms with Crippen molar-refractivity contribution < 1.29 is 9.53 Å². The van der Waals surface area contributed by atoms with E-state index in [1.807, 2.05) is 48.5 Å². The van der Waals surface area contributed by atoms with Crippen LogP contribution in [0, 0.1) is 17.3 Å². The highest BCUT2D eigenvalue weighted by Crippen LogP contribution is 2.65. The highest BCUT2D eigenvalue weighted by atomic mass is 79.9. The first-order valence-electron chi connectivity index (χ1n) is 11.1. The number of ether oxygens (including phenoxy) is 1. The van der Waals surface area contributed by atoms with Crippen molar-refractivity contribution in [1.82, 2.24) is 4.98 Å². The van der Waals surface area contributed by atoms with Crippen LogP contribution in [0.25, 0.3) is 10.2 Å². The molecule has 0 radical (unpaired) electrons. The molecule has 1 aromatic heterocycles. The average Bonchev–Trinajstić information content (AvgIpc) is 3.07. The van der Waals surface area contributed by atoms with Crippen LogP contribution in [0.2, 0.25) is 0 Å². The maximum atomic E-state index is 13.0. The third kappa shape index (κ3) is 3.89. The number of halogens is 1. The van der Waals surface area contributed by atoms with E-state index in [9.17, 15) is 4.79 Å². The van der Waals surface area contributed by atoms with Crippen LogP contribution < -0.4 is 10.1 Å². The summed E-state index contributed by atoms with van der Waals surface area (Å²) in [6, 6.07) is 15.6. The summed E-state index contributed by atoms with van der Waals surface area (Å²) in [4.78, 5) is 17.6. The number of benzene rings is 2. The lowest BCUT2D eigenvalue weighted by Crippen LogP contribution is -2.53. The SMILES string of the molecule is O=C(CC12C[C@H]3C[C@@H](CC(Br)(C3)C1)C2)Nc1nc2ccc(Oc3ccccc3)cc2s1. The molecule has 160 valence electrons. The molecule has 4 aliphatic carbocycles. The summed E-state index contributed by atoms with van der Waals surface area (Å²) in [7, 11) is 0. The number of anilines is 1. The minimum atomic E-state index is 0.109. The Balaban J connectivity index is 1.16. The van der Waals surface area contributed by atoms with Crippen molar-refractivity contribution in [3.8, 4) is 11.5 Å². The summed E-state index contributed by atoms with van der Waals surface area (Å²) in [6.45, 7) is 0. The van der Waals surface area contributed by atoms with Crippen LogP contribution in [0.5, 0.6) is 11.5 Å². The Kier molecular flexibility index (Phi) is 4.65. The van der Waals surface area contributed by atoms with Gasteiger partial charge in [0.2, 0.25) is 5.91 Å². The molecule has 1 heterocycles. The van der Waals surface area contributed by atoms with Gasteiger partial charge in [-0.25, -0.2) is 4.98 Å². The highest BCUT2D eigenvalue weighted by Gasteiger charge is 2.57. The van der Waals surface area contributed by atoms with Crippen molar-refractivity contribution in [2.75, 3.05) is 5.32 Å². The number of nitrogens with zero attached hydrogens (tertiary/aromatic N) is 1. The molecule has 3 aromatic rings. The van der Waals surface area contributed by atoms with Gasteiger partial charge in [0.25, 0.3) is 0 Å². The Bertz CT molecular complexity index is 1130. The van der Waals surface area contributed by atoms with E-state index in [0.717, 1.165) is 40.0 Å². The van der Waals surface area contributed by atoms with Crippen LogP contribution in [-0.4, -0.2) is 15.2 Å². The smallest absolute Gasteiger partial charge is 0.226 e. The van der Waals surface area contributed by atoms with Crippen LogP contribution in [0.15, 0.2) is 48.5 Å². The molecule has 1 amide bonds. The molecule has 0 saturated heterocycles. The van der Waals surface area contributed by atoms with E-state index in [0.29, 0.717) is 11.6 Å². The summed E-state index contributed by atoms with van der Waals surface area (Å²) in [5, 5.41) is 3.78. The number of hydrogen-bond donors (Lipinski definition) is 1. The van der Waals surface area contributed by atoms with Crippen LogP contribution >= 0.6 is 27.3 Å². The Hall–Kier alpha value is -1.92. The fraction of sp³-hybridized carbons (Fsp3) is 0.440. The maximum absolute atomic E-state index is 13.0. The molecule has 2 atom stereocenters. The van der Waals surface area contributed by atoms with E-state index in [4.69, 9.17) is 4.74 Å².